The maximum atomic E-state index is 12.6. The van der Waals surface area contributed by atoms with Gasteiger partial charge in [0.2, 0.25) is 0 Å². The summed E-state index contributed by atoms with van der Waals surface area (Å²) in [5, 5.41) is 0. The van der Waals surface area contributed by atoms with Crippen LogP contribution in [0, 0.1) is 0 Å². The van der Waals surface area contributed by atoms with E-state index in [4.69, 9.17) is 0 Å². The van der Waals surface area contributed by atoms with E-state index in [1.165, 1.54) is 11.1 Å². The largest absolute Gasteiger partial charge is 0.342 e. The van der Waals surface area contributed by atoms with Crippen molar-refractivity contribution < 1.29 is 4.79 Å². The van der Waals surface area contributed by atoms with Gasteiger partial charge in [-0.05, 0) is 56.5 Å². The van der Waals surface area contributed by atoms with Crippen LogP contribution in [0.1, 0.15) is 48.7 Å². The minimum Gasteiger partial charge on any atom is -0.342 e. The van der Waals surface area contributed by atoms with Gasteiger partial charge < -0.3 is 4.90 Å². The molecule has 2 aromatic carbocycles. The van der Waals surface area contributed by atoms with Gasteiger partial charge in [0.25, 0.3) is 5.91 Å². The highest BCUT2D eigenvalue weighted by Gasteiger charge is 2.12. The fourth-order valence-corrected chi connectivity index (χ4v) is 3.13. The lowest BCUT2D eigenvalue weighted by Gasteiger charge is -2.25. The average Bonchev–Trinajstić information content (AvgIpc) is 2.66. The van der Waals surface area contributed by atoms with Crippen LogP contribution in [-0.2, 0) is 13.0 Å². The van der Waals surface area contributed by atoms with Crippen LogP contribution in [0.2, 0.25) is 0 Å². The molecule has 2 aromatic rings. The van der Waals surface area contributed by atoms with Crippen molar-refractivity contribution in [1.29, 1.82) is 0 Å². The molecule has 0 bridgehead atoms. The summed E-state index contributed by atoms with van der Waals surface area (Å²) in [5.41, 5.74) is 3.34. The van der Waals surface area contributed by atoms with Crippen molar-refractivity contribution in [3.05, 3.63) is 71.3 Å². The molecule has 0 radical (unpaired) electrons. The Hall–Kier alpha value is -2.13. The maximum Gasteiger partial charge on any atom is 0.253 e. The molecule has 0 aromatic heterocycles. The van der Waals surface area contributed by atoms with Crippen LogP contribution in [0.3, 0.4) is 0 Å². The van der Waals surface area contributed by atoms with E-state index in [2.05, 4.69) is 62.1 Å². The smallest absolute Gasteiger partial charge is 0.253 e. The van der Waals surface area contributed by atoms with Crippen LogP contribution in [0.25, 0.3) is 0 Å². The van der Waals surface area contributed by atoms with E-state index in [-0.39, 0.29) is 5.91 Å². The monoisotopic (exact) mass is 352 g/mol. The van der Waals surface area contributed by atoms with Gasteiger partial charge in [0.05, 0.1) is 0 Å². The van der Waals surface area contributed by atoms with E-state index < -0.39 is 0 Å². The Labute approximate surface area is 158 Å². The minimum absolute atomic E-state index is 0.0980. The van der Waals surface area contributed by atoms with Crippen LogP contribution < -0.4 is 0 Å². The number of carbonyl (C=O) groups is 1. The van der Waals surface area contributed by atoms with Crippen LogP contribution in [0.5, 0.6) is 0 Å². The summed E-state index contributed by atoms with van der Waals surface area (Å²) in [7, 11) is 1.89. The van der Waals surface area contributed by atoms with Crippen molar-refractivity contribution >= 4 is 5.91 Å². The van der Waals surface area contributed by atoms with Gasteiger partial charge in [-0.1, -0.05) is 49.4 Å². The third kappa shape index (κ3) is 5.99. The van der Waals surface area contributed by atoms with E-state index in [0.717, 1.165) is 38.0 Å². The van der Waals surface area contributed by atoms with Crippen molar-refractivity contribution in [2.75, 3.05) is 20.1 Å². The number of benzene rings is 2. The SMILES string of the molecule is CCN(Cc1ccc(C(=O)N(C)CCCc2ccccc2)cc1)C(C)C. The molecule has 3 nitrogen and oxygen atoms in total. The molecule has 26 heavy (non-hydrogen) atoms. The molecule has 0 aliphatic carbocycles. The summed E-state index contributed by atoms with van der Waals surface area (Å²) in [6.45, 7) is 9.34. The standard InChI is InChI=1S/C23H32N2O/c1-5-25(19(2)3)18-21-13-15-22(16-14-21)23(26)24(4)17-9-12-20-10-7-6-8-11-20/h6-8,10-11,13-16,19H,5,9,12,17-18H2,1-4H3. The van der Waals surface area contributed by atoms with Gasteiger partial charge in [0.1, 0.15) is 0 Å². The fourth-order valence-electron chi connectivity index (χ4n) is 3.13. The fraction of sp³-hybridized carbons (Fsp3) is 0.435. The van der Waals surface area contributed by atoms with Crippen LogP contribution in [-0.4, -0.2) is 41.9 Å². The molecule has 2 rings (SSSR count). The topological polar surface area (TPSA) is 23.6 Å². The summed E-state index contributed by atoms with van der Waals surface area (Å²) >= 11 is 0. The average molecular weight is 353 g/mol. The highest BCUT2D eigenvalue weighted by atomic mass is 16.2. The Morgan fingerprint density at radius 2 is 1.62 bits per heavy atom. The molecule has 0 unspecified atom stereocenters. The predicted molar refractivity (Wildman–Crippen MR) is 109 cm³/mol. The third-order valence-electron chi connectivity index (χ3n) is 4.87. The summed E-state index contributed by atoms with van der Waals surface area (Å²) in [6, 6.07) is 19.0. The highest BCUT2D eigenvalue weighted by Crippen LogP contribution is 2.12. The van der Waals surface area contributed by atoms with Gasteiger partial charge in [-0.2, -0.15) is 0 Å². The lowest BCUT2D eigenvalue weighted by molar-refractivity contribution is 0.0793. The molecule has 0 N–H and O–H groups in total. The number of hydrogen-bond donors (Lipinski definition) is 0. The van der Waals surface area contributed by atoms with Crippen molar-refractivity contribution in [3.8, 4) is 0 Å². The van der Waals surface area contributed by atoms with Crippen molar-refractivity contribution in [2.24, 2.45) is 0 Å². The molecular formula is C23H32N2O. The lowest BCUT2D eigenvalue weighted by atomic mass is 10.1. The lowest BCUT2D eigenvalue weighted by Crippen LogP contribution is -2.30. The maximum absolute atomic E-state index is 12.6. The second-order valence-electron chi connectivity index (χ2n) is 7.17. The Bertz CT molecular complexity index is 664. The molecule has 0 saturated carbocycles. The number of amides is 1. The Morgan fingerprint density at radius 3 is 2.19 bits per heavy atom. The predicted octanol–water partition coefficient (Wildman–Crippen LogP) is 4.62. The second-order valence-corrected chi connectivity index (χ2v) is 7.17. The van der Waals surface area contributed by atoms with Crippen molar-refractivity contribution in [1.82, 2.24) is 9.80 Å². The molecule has 0 heterocycles. The second kappa shape index (κ2) is 10.1. The number of nitrogens with zero attached hydrogens (tertiary/aromatic N) is 2. The van der Waals surface area contributed by atoms with E-state index in [1.807, 2.05) is 30.1 Å². The first-order valence-electron chi connectivity index (χ1n) is 9.63. The number of aryl methyl sites for hydroxylation is 1. The Balaban J connectivity index is 1.86. The zero-order chi connectivity index (χ0) is 18.9. The molecular weight excluding hydrogens is 320 g/mol. The molecule has 1 amide bonds. The summed E-state index contributed by atoms with van der Waals surface area (Å²) in [5.74, 6) is 0.0980. The van der Waals surface area contributed by atoms with Crippen molar-refractivity contribution in [2.45, 2.75) is 46.2 Å². The van der Waals surface area contributed by atoms with Gasteiger partial charge in [0.15, 0.2) is 0 Å². The van der Waals surface area contributed by atoms with Crippen LogP contribution in [0.15, 0.2) is 54.6 Å². The molecule has 0 atom stereocenters. The van der Waals surface area contributed by atoms with Crippen LogP contribution in [0.4, 0.5) is 0 Å². The third-order valence-corrected chi connectivity index (χ3v) is 4.87. The van der Waals surface area contributed by atoms with E-state index in [9.17, 15) is 4.79 Å². The quantitative estimate of drug-likeness (QED) is 0.657. The molecule has 0 spiro atoms. The number of rotatable bonds is 9. The Morgan fingerprint density at radius 1 is 0.962 bits per heavy atom. The summed E-state index contributed by atoms with van der Waals surface area (Å²) in [4.78, 5) is 16.8. The summed E-state index contributed by atoms with van der Waals surface area (Å²) in [6.07, 6.45) is 1.98. The highest BCUT2D eigenvalue weighted by molar-refractivity contribution is 5.94. The molecule has 0 fully saturated rings. The number of hydrogen-bond acceptors (Lipinski definition) is 2. The van der Waals surface area contributed by atoms with Gasteiger partial charge in [-0.15, -0.1) is 0 Å². The van der Waals surface area contributed by atoms with E-state index >= 15 is 0 Å². The molecule has 0 aliphatic heterocycles. The zero-order valence-corrected chi connectivity index (χ0v) is 16.6. The van der Waals surface area contributed by atoms with Gasteiger partial charge in [-0.3, -0.25) is 9.69 Å². The molecule has 0 saturated heterocycles. The first-order valence-corrected chi connectivity index (χ1v) is 9.63. The zero-order valence-electron chi connectivity index (χ0n) is 16.6. The van der Waals surface area contributed by atoms with Crippen molar-refractivity contribution in [3.63, 3.8) is 0 Å². The first-order chi connectivity index (χ1) is 12.5. The molecule has 0 aliphatic rings. The minimum atomic E-state index is 0.0980. The van der Waals surface area contributed by atoms with Gasteiger partial charge in [-0.25, -0.2) is 0 Å². The number of carbonyl (C=O) groups excluding carboxylic acids is 1. The summed E-state index contributed by atoms with van der Waals surface area (Å²) < 4.78 is 0. The van der Waals surface area contributed by atoms with E-state index in [1.54, 1.807) is 0 Å². The van der Waals surface area contributed by atoms with Gasteiger partial charge >= 0.3 is 0 Å². The molecule has 3 heteroatoms. The Kier molecular flexibility index (Phi) is 7.86. The normalized spacial score (nSPS) is 11.2. The molecule has 140 valence electrons. The van der Waals surface area contributed by atoms with E-state index in [0.29, 0.717) is 6.04 Å². The van der Waals surface area contributed by atoms with Gasteiger partial charge in [0, 0.05) is 31.7 Å². The van der Waals surface area contributed by atoms with Crippen LogP contribution >= 0.6 is 0 Å². The first kappa shape index (κ1) is 20.2.